The van der Waals surface area contributed by atoms with Crippen molar-refractivity contribution in [2.45, 2.75) is 6.92 Å². The third-order valence-electron chi connectivity index (χ3n) is 2.06. The number of halogens is 1. The molecule has 1 aromatic heterocycles. The van der Waals surface area contributed by atoms with Crippen LogP contribution < -0.4 is 0 Å². The molecule has 0 saturated carbocycles. The van der Waals surface area contributed by atoms with Crippen molar-refractivity contribution in [1.29, 1.82) is 0 Å². The molecular formula is C10H8BrNO. The second-order valence-corrected chi connectivity index (χ2v) is 3.68. The van der Waals surface area contributed by atoms with Crippen LogP contribution in [0.15, 0.2) is 28.9 Å². The molecule has 0 atom stereocenters. The summed E-state index contributed by atoms with van der Waals surface area (Å²) in [4.78, 5) is 4.18. The topological polar surface area (TPSA) is 33.1 Å². The summed E-state index contributed by atoms with van der Waals surface area (Å²) >= 11 is 3.34. The average molecular weight is 238 g/mol. The zero-order chi connectivity index (χ0) is 9.42. The van der Waals surface area contributed by atoms with Crippen molar-refractivity contribution in [3.63, 3.8) is 0 Å². The number of benzene rings is 1. The zero-order valence-corrected chi connectivity index (χ0v) is 8.67. The first-order valence-electron chi connectivity index (χ1n) is 3.93. The number of phenolic OH excluding ortho intramolecular Hbond substituents is 1. The molecule has 0 fully saturated rings. The van der Waals surface area contributed by atoms with Crippen LogP contribution >= 0.6 is 15.9 Å². The Hall–Kier alpha value is -1.09. The van der Waals surface area contributed by atoms with Crippen molar-refractivity contribution in [3.8, 4) is 5.75 Å². The second-order valence-electron chi connectivity index (χ2n) is 2.89. The lowest BCUT2D eigenvalue weighted by Crippen LogP contribution is -1.83. The fourth-order valence-electron chi connectivity index (χ4n) is 1.35. The van der Waals surface area contributed by atoms with Gasteiger partial charge in [0.2, 0.25) is 0 Å². The molecule has 0 unspecified atom stereocenters. The monoisotopic (exact) mass is 237 g/mol. The summed E-state index contributed by atoms with van der Waals surface area (Å²) in [5, 5.41) is 11.5. The van der Waals surface area contributed by atoms with E-state index in [1.165, 1.54) is 0 Å². The van der Waals surface area contributed by atoms with Gasteiger partial charge in [0.25, 0.3) is 0 Å². The molecule has 0 amide bonds. The minimum Gasteiger partial charge on any atom is -0.507 e. The number of phenols is 1. The summed E-state index contributed by atoms with van der Waals surface area (Å²) in [5.41, 5.74) is 0.971. The molecule has 0 bridgehead atoms. The quantitative estimate of drug-likeness (QED) is 0.765. The first-order valence-corrected chi connectivity index (χ1v) is 4.72. The van der Waals surface area contributed by atoms with Gasteiger partial charge in [0.1, 0.15) is 5.75 Å². The molecule has 0 spiro atoms. The molecule has 2 rings (SSSR count). The van der Waals surface area contributed by atoms with E-state index in [4.69, 9.17) is 0 Å². The van der Waals surface area contributed by atoms with E-state index in [1.54, 1.807) is 12.3 Å². The minimum absolute atomic E-state index is 0.262. The van der Waals surface area contributed by atoms with Crippen LogP contribution in [-0.2, 0) is 0 Å². The number of fused-ring (bicyclic) bond motifs is 1. The SMILES string of the molecule is Cc1nccc2c(Br)c(O)ccc12. The first-order chi connectivity index (χ1) is 6.20. The summed E-state index contributed by atoms with van der Waals surface area (Å²) in [6, 6.07) is 5.42. The molecule has 2 aromatic rings. The third-order valence-corrected chi connectivity index (χ3v) is 2.89. The maximum atomic E-state index is 9.44. The Bertz CT molecular complexity index is 468. The number of pyridine rings is 1. The van der Waals surface area contributed by atoms with E-state index in [9.17, 15) is 5.11 Å². The fraction of sp³-hybridized carbons (Fsp3) is 0.100. The van der Waals surface area contributed by atoms with Crippen molar-refractivity contribution >= 4 is 26.7 Å². The predicted molar refractivity (Wildman–Crippen MR) is 55.8 cm³/mol. The Morgan fingerprint density at radius 1 is 1.23 bits per heavy atom. The summed E-state index contributed by atoms with van der Waals surface area (Å²) in [7, 11) is 0. The normalized spacial score (nSPS) is 10.6. The number of hydrogen-bond acceptors (Lipinski definition) is 2. The smallest absolute Gasteiger partial charge is 0.130 e. The van der Waals surface area contributed by atoms with E-state index in [2.05, 4.69) is 20.9 Å². The van der Waals surface area contributed by atoms with Crippen LogP contribution in [0.5, 0.6) is 5.75 Å². The van der Waals surface area contributed by atoms with Gasteiger partial charge in [-0.2, -0.15) is 0 Å². The Labute approximate surface area is 84.4 Å². The molecule has 0 saturated heterocycles. The molecule has 13 heavy (non-hydrogen) atoms. The molecule has 1 N–H and O–H groups in total. The highest BCUT2D eigenvalue weighted by molar-refractivity contribution is 9.10. The molecule has 0 aliphatic rings. The minimum atomic E-state index is 0.262. The highest BCUT2D eigenvalue weighted by Crippen LogP contribution is 2.32. The maximum absolute atomic E-state index is 9.44. The first kappa shape index (κ1) is 8.51. The molecule has 1 heterocycles. The Balaban J connectivity index is 2.94. The number of aryl methyl sites for hydroxylation is 1. The van der Waals surface area contributed by atoms with Crippen LogP contribution in [0, 0.1) is 6.92 Å². The van der Waals surface area contributed by atoms with Crippen molar-refractivity contribution in [2.75, 3.05) is 0 Å². The van der Waals surface area contributed by atoms with Crippen molar-refractivity contribution in [2.24, 2.45) is 0 Å². The van der Waals surface area contributed by atoms with Gasteiger partial charge in [-0.3, -0.25) is 4.98 Å². The van der Waals surface area contributed by atoms with Crippen LogP contribution in [0.2, 0.25) is 0 Å². The van der Waals surface area contributed by atoms with Crippen molar-refractivity contribution in [1.82, 2.24) is 4.98 Å². The molecular weight excluding hydrogens is 230 g/mol. The average Bonchev–Trinajstić information content (AvgIpc) is 2.12. The second kappa shape index (κ2) is 3.00. The van der Waals surface area contributed by atoms with Gasteiger partial charge in [-0.15, -0.1) is 0 Å². The number of rotatable bonds is 0. The fourth-order valence-corrected chi connectivity index (χ4v) is 1.83. The standard InChI is InChI=1S/C10H8BrNO/c1-6-7-2-3-9(13)10(11)8(7)4-5-12-6/h2-5,13H,1H3. The zero-order valence-electron chi connectivity index (χ0n) is 7.08. The summed E-state index contributed by atoms with van der Waals surface area (Å²) in [5.74, 6) is 0.262. The Morgan fingerprint density at radius 3 is 2.77 bits per heavy atom. The number of hydrogen-bond donors (Lipinski definition) is 1. The van der Waals surface area contributed by atoms with E-state index in [-0.39, 0.29) is 5.75 Å². The summed E-state index contributed by atoms with van der Waals surface area (Å²) in [6.45, 7) is 1.95. The van der Waals surface area contributed by atoms with Gasteiger partial charge in [-0.25, -0.2) is 0 Å². The van der Waals surface area contributed by atoms with Crippen LogP contribution in [0.4, 0.5) is 0 Å². The van der Waals surface area contributed by atoms with Gasteiger partial charge in [0.15, 0.2) is 0 Å². The van der Waals surface area contributed by atoms with Crippen LogP contribution in [0.25, 0.3) is 10.8 Å². The maximum Gasteiger partial charge on any atom is 0.130 e. The van der Waals surface area contributed by atoms with Crippen molar-refractivity contribution in [3.05, 3.63) is 34.6 Å². The molecule has 3 heteroatoms. The van der Waals surface area contributed by atoms with Gasteiger partial charge in [-0.1, -0.05) is 0 Å². The number of aromatic nitrogens is 1. The van der Waals surface area contributed by atoms with E-state index < -0.39 is 0 Å². The van der Waals surface area contributed by atoms with Gasteiger partial charge < -0.3 is 5.11 Å². The lowest BCUT2D eigenvalue weighted by atomic mass is 10.1. The Kier molecular flexibility index (Phi) is 1.96. The van der Waals surface area contributed by atoms with Gasteiger partial charge in [0, 0.05) is 22.7 Å². The number of aromatic hydroxyl groups is 1. The van der Waals surface area contributed by atoms with Gasteiger partial charge in [-0.05, 0) is 41.1 Å². The lowest BCUT2D eigenvalue weighted by molar-refractivity contribution is 0.473. The molecule has 2 nitrogen and oxygen atoms in total. The number of nitrogens with zero attached hydrogens (tertiary/aromatic N) is 1. The largest absolute Gasteiger partial charge is 0.507 e. The van der Waals surface area contributed by atoms with E-state index in [0.29, 0.717) is 0 Å². The van der Waals surface area contributed by atoms with Gasteiger partial charge in [0.05, 0.1) is 4.47 Å². The van der Waals surface area contributed by atoms with Crippen molar-refractivity contribution < 1.29 is 5.11 Å². The van der Waals surface area contributed by atoms with E-state index >= 15 is 0 Å². The molecule has 0 aliphatic heterocycles. The lowest BCUT2D eigenvalue weighted by Gasteiger charge is -2.04. The molecule has 0 radical (unpaired) electrons. The Morgan fingerprint density at radius 2 is 2.00 bits per heavy atom. The summed E-state index contributed by atoms with van der Waals surface area (Å²) < 4.78 is 0.732. The predicted octanol–water partition coefficient (Wildman–Crippen LogP) is 3.01. The molecule has 1 aromatic carbocycles. The molecule has 66 valence electrons. The highest BCUT2D eigenvalue weighted by atomic mass is 79.9. The van der Waals surface area contributed by atoms with Gasteiger partial charge >= 0.3 is 0 Å². The van der Waals surface area contributed by atoms with Crippen LogP contribution in [-0.4, -0.2) is 10.1 Å². The van der Waals surface area contributed by atoms with E-state index in [0.717, 1.165) is 20.9 Å². The van der Waals surface area contributed by atoms with E-state index in [1.807, 2.05) is 19.1 Å². The van der Waals surface area contributed by atoms with Crippen LogP contribution in [0.3, 0.4) is 0 Å². The highest BCUT2D eigenvalue weighted by Gasteiger charge is 2.04. The third kappa shape index (κ3) is 1.29. The molecule has 0 aliphatic carbocycles. The summed E-state index contributed by atoms with van der Waals surface area (Å²) in [6.07, 6.45) is 1.74. The van der Waals surface area contributed by atoms with Crippen LogP contribution in [0.1, 0.15) is 5.69 Å².